The molecule has 0 aliphatic heterocycles. The summed E-state index contributed by atoms with van der Waals surface area (Å²) < 4.78 is 33.9. The fourth-order valence-electron chi connectivity index (χ4n) is 5.27. The van der Waals surface area contributed by atoms with E-state index in [0.29, 0.717) is 17.9 Å². The molecule has 2 unspecified atom stereocenters. The van der Waals surface area contributed by atoms with E-state index in [-0.39, 0.29) is 27.7 Å². The van der Waals surface area contributed by atoms with Crippen molar-refractivity contribution in [1.82, 2.24) is 4.98 Å². The highest BCUT2D eigenvalue weighted by atomic mass is 32.2. The number of rotatable bonds is 10. The van der Waals surface area contributed by atoms with Crippen LogP contribution in [0.1, 0.15) is 61.8 Å². The number of aryl methyl sites for hydroxylation is 1. The van der Waals surface area contributed by atoms with Crippen LogP contribution < -0.4 is 10.3 Å². The maximum absolute atomic E-state index is 13.2. The molecule has 3 aromatic rings. The summed E-state index contributed by atoms with van der Waals surface area (Å²) in [7, 11) is -3.87. The van der Waals surface area contributed by atoms with Crippen LogP contribution in [0.15, 0.2) is 93.3 Å². The number of anilines is 1. The zero-order valence-corrected chi connectivity index (χ0v) is 22.2. The summed E-state index contributed by atoms with van der Waals surface area (Å²) in [6, 6.07) is 13.2. The Morgan fingerprint density at radius 2 is 2.00 bits per heavy atom. The van der Waals surface area contributed by atoms with Gasteiger partial charge in [-0.2, -0.15) is 8.42 Å². The molecule has 1 saturated carbocycles. The van der Waals surface area contributed by atoms with Crippen molar-refractivity contribution in [2.75, 3.05) is 4.72 Å². The van der Waals surface area contributed by atoms with E-state index < -0.39 is 21.6 Å². The van der Waals surface area contributed by atoms with Gasteiger partial charge in [-0.25, -0.2) is 9.78 Å². The quantitative estimate of drug-likeness (QED) is 0.335. The molecule has 0 saturated heterocycles. The van der Waals surface area contributed by atoms with Crippen LogP contribution in [0.2, 0.25) is 0 Å². The van der Waals surface area contributed by atoms with E-state index in [9.17, 15) is 18.3 Å². The average molecular weight is 533 g/mol. The molecule has 2 heterocycles. The van der Waals surface area contributed by atoms with Crippen LogP contribution in [-0.2, 0) is 16.4 Å². The summed E-state index contributed by atoms with van der Waals surface area (Å²) in [4.78, 5) is 17.2. The second-order valence-corrected chi connectivity index (χ2v) is 11.8. The Bertz CT molecular complexity index is 1520. The molecule has 0 bridgehead atoms. The molecule has 2 atom stereocenters. The monoisotopic (exact) mass is 532 g/mol. The molecule has 2 aliphatic rings. The van der Waals surface area contributed by atoms with E-state index >= 15 is 0 Å². The van der Waals surface area contributed by atoms with E-state index in [1.165, 1.54) is 12.3 Å². The molecule has 7 nitrogen and oxygen atoms in total. The van der Waals surface area contributed by atoms with Crippen molar-refractivity contribution in [3.8, 4) is 5.75 Å². The van der Waals surface area contributed by atoms with Crippen molar-refractivity contribution < 1.29 is 17.9 Å². The number of hydrogen-bond acceptors (Lipinski definition) is 6. The van der Waals surface area contributed by atoms with Gasteiger partial charge in [0.05, 0.1) is 5.56 Å². The summed E-state index contributed by atoms with van der Waals surface area (Å²) in [6.45, 7) is 2.16. The van der Waals surface area contributed by atoms with Crippen LogP contribution in [0.4, 0.5) is 5.69 Å². The zero-order valence-electron chi connectivity index (χ0n) is 21.3. The summed E-state index contributed by atoms with van der Waals surface area (Å²) >= 11 is 0. The average Bonchev–Trinajstić information content (AvgIpc) is 3.76. The van der Waals surface area contributed by atoms with E-state index in [0.717, 1.165) is 37.7 Å². The normalized spacial score (nSPS) is 19.8. The molecule has 8 heteroatoms. The van der Waals surface area contributed by atoms with Gasteiger partial charge in [-0.1, -0.05) is 49.4 Å². The Labute approximate surface area is 223 Å². The lowest BCUT2D eigenvalue weighted by molar-refractivity contribution is 0.318. The van der Waals surface area contributed by atoms with E-state index in [2.05, 4.69) is 34.9 Å². The minimum atomic E-state index is -3.87. The van der Waals surface area contributed by atoms with Crippen LogP contribution >= 0.6 is 0 Å². The predicted octanol–water partition coefficient (Wildman–Crippen LogP) is 5.93. The highest BCUT2D eigenvalue weighted by molar-refractivity contribution is 7.92. The maximum Gasteiger partial charge on any atom is 0.343 e. The van der Waals surface area contributed by atoms with Gasteiger partial charge in [0.1, 0.15) is 11.5 Å². The van der Waals surface area contributed by atoms with E-state index in [1.54, 1.807) is 36.4 Å². The third kappa shape index (κ3) is 5.60. The molecule has 0 radical (unpaired) electrons. The fraction of sp³-hybridized carbons (Fsp3) is 0.333. The van der Waals surface area contributed by atoms with Crippen molar-refractivity contribution in [3.63, 3.8) is 0 Å². The molecule has 2 N–H and O–H groups in total. The summed E-state index contributed by atoms with van der Waals surface area (Å²) in [5.74, 6) is 0.170. The van der Waals surface area contributed by atoms with Gasteiger partial charge in [0.15, 0.2) is 5.03 Å². The molecule has 1 aromatic carbocycles. The Morgan fingerprint density at radius 3 is 2.66 bits per heavy atom. The van der Waals surface area contributed by atoms with Gasteiger partial charge in [-0.05, 0) is 73.3 Å². The Morgan fingerprint density at radius 1 is 1.16 bits per heavy atom. The van der Waals surface area contributed by atoms with Gasteiger partial charge in [0.25, 0.3) is 10.0 Å². The molecule has 198 valence electrons. The van der Waals surface area contributed by atoms with Gasteiger partial charge >= 0.3 is 5.63 Å². The summed E-state index contributed by atoms with van der Waals surface area (Å²) in [5.41, 5.74) is 0.820. The largest absolute Gasteiger partial charge is 0.507 e. The second kappa shape index (κ2) is 10.6. The van der Waals surface area contributed by atoms with Gasteiger partial charge in [-0.3, -0.25) is 4.72 Å². The maximum atomic E-state index is 13.2. The number of aromatic hydroxyl groups is 1. The van der Waals surface area contributed by atoms with Gasteiger partial charge in [-0.15, -0.1) is 0 Å². The first-order chi connectivity index (χ1) is 18.3. The van der Waals surface area contributed by atoms with Crippen molar-refractivity contribution in [1.29, 1.82) is 0 Å². The molecular weight excluding hydrogens is 500 g/mol. The van der Waals surface area contributed by atoms with Gasteiger partial charge in [0.2, 0.25) is 0 Å². The number of aromatic nitrogens is 1. The SMILES string of the molecule is CCC1(CCc2cc(O)c(C(c3cccc(NS(=O)(=O)c4ccccn4)c3)C3CC3)c(=O)o2)C=CC=CC1. The van der Waals surface area contributed by atoms with E-state index in [4.69, 9.17) is 4.42 Å². The second-order valence-electron chi connectivity index (χ2n) is 10.2. The van der Waals surface area contributed by atoms with Crippen molar-refractivity contribution in [2.45, 2.75) is 56.4 Å². The van der Waals surface area contributed by atoms with Crippen molar-refractivity contribution in [2.24, 2.45) is 11.3 Å². The molecule has 5 rings (SSSR count). The number of nitrogens with zero attached hydrogens (tertiary/aromatic N) is 1. The van der Waals surface area contributed by atoms with Crippen molar-refractivity contribution in [3.05, 3.63) is 106 Å². The minimum absolute atomic E-state index is 0.0290. The number of pyridine rings is 1. The first-order valence-corrected chi connectivity index (χ1v) is 14.5. The number of benzene rings is 1. The molecular formula is C30H32N2O5S. The lowest BCUT2D eigenvalue weighted by atomic mass is 9.75. The van der Waals surface area contributed by atoms with Crippen LogP contribution in [-0.4, -0.2) is 18.5 Å². The summed E-state index contributed by atoms with van der Waals surface area (Å²) in [6.07, 6.45) is 15.0. The van der Waals surface area contributed by atoms with Gasteiger partial charge in [0, 0.05) is 30.3 Å². The molecule has 2 aromatic heterocycles. The predicted molar refractivity (Wildman–Crippen MR) is 147 cm³/mol. The molecule has 0 spiro atoms. The zero-order chi connectivity index (χ0) is 26.8. The van der Waals surface area contributed by atoms with Gasteiger partial charge < -0.3 is 9.52 Å². The molecule has 1 fully saturated rings. The number of allylic oxidation sites excluding steroid dienone is 4. The van der Waals surface area contributed by atoms with Crippen LogP contribution in [0.3, 0.4) is 0 Å². The Balaban J connectivity index is 1.40. The topological polar surface area (TPSA) is 110 Å². The van der Waals surface area contributed by atoms with Crippen LogP contribution in [0.25, 0.3) is 0 Å². The number of nitrogens with one attached hydrogen (secondary N) is 1. The fourth-order valence-corrected chi connectivity index (χ4v) is 6.27. The molecule has 2 aliphatic carbocycles. The minimum Gasteiger partial charge on any atom is -0.507 e. The third-order valence-electron chi connectivity index (χ3n) is 7.63. The first kappa shape index (κ1) is 26.0. The van der Waals surface area contributed by atoms with Crippen LogP contribution in [0.5, 0.6) is 5.75 Å². The third-order valence-corrected chi connectivity index (χ3v) is 8.92. The van der Waals surface area contributed by atoms with Crippen molar-refractivity contribution >= 4 is 15.7 Å². The standard InChI is InChI=1S/C30H32N2O5S/c1-2-30(15-5-3-6-16-30)17-14-24-20-25(33)28(29(34)37-24)27(21-12-13-21)22-9-8-10-23(19-22)32-38(35,36)26-11-4-7-18-31-26/h3-11,15,18-21,27,32-33H,2,12-14,16-17H2,1H3. The highest BCUT2D eigenvalue weighted by Gasteiger charge is 2.37. The highest BCUT2D eigenvalue weighted by Crippen LogP contribution is 2.48. The Hall–Kier alpha value is -3.65. The molecule has 0 amide bonds. The smallest absolute Gasteiger partial charge is 0.343 e. The number of sulfonamides is 1. The van der Waals surface area contributed by atoms with Crippen LogP contribution in [0, 0.1) is 11.3 Å². The lowest BCUT2D eigenvalue weighted by Gasteiger charge is -2.30. The molecule has 38 heavy (non-hydrogen) atoms. The number of hydrogen-bond donors (Lipinski definition) is 2. The summed E-state index contributed by atoms with van der Waals surface area (Å²) in [5, 5.41) is 11.0. The first-order valence-electron chi connectivity index (χ1n) is 13.0. The van der Waals surface area contributed by atoms with E-state index in [1.807, 2.05) is 12.1 Å². The Kier molecular flexibility index (Phi) is 7.25. The lowest BCUT2D eigenvalue weighted by Crippen LogP contribution is -2.20.